The van der Waals surface area contributed by atoms with Gasteiger partial charge in [-0.15, -0.1) is 0 Å². The zero-order valence-corrected chi connectivity index (χ0v) is 8.40. The third-order valence-corrected chi connectivity index (χ3v) is 1.63. The largest absolute Gasteiger partial charge is 0.497 e. The summed E-state index contributed by atoms with van der Waals surface area (Å²) in [6, 6.07) is 7.50. The van der Waals surface area contributed by atoms with E-state index in [-0.39, 0.29) is 0 Å². The third-order valence-electron chi connectivity index (χ3n) is 1.63. The van der Waals surface area contributed by atoms with Crippen molar-refractivity contribution in [3.63, 3.8) is 0 Å². The lowest BCUT2D eigenvalue weighted by atomic mass is 10.3. The van der Waals surface area contributed by atoms with E-state index >= 15 is 0 Å². The molecule has 0 aliphatic rings. The van der Waals surface area contributed by atoms with Crippen LogP contribution in [0.25, 0.3) is 0 Å². The van der Waals surface area contributed by atoms with E-state index in [0.29, 0.717) is 0 Å². The third kappa shape index (κ3) is 3.31. The van der Waals surface area contributed by atoms with Crippen molar-refractivity contribution < 1.29 is 4.74 Å². The van der Waals surface area contributed by atoms with Crippen LogP contribution in [0.3, 0.4) is 0 Å². The van der Waals surface area contributed by atoms with E-state index in [0.717, 1.165) is 17.1 Å². The topological polar surface area (TPSA) is 47.6 Å². The average Bonchev–Trinajstić information content (AvgIpc) is 2.18. The number of allylic oxidation sites excluding steroid dienone is 2. The molecule has 0 aromatic heterocycles. The second kappa shape index (κ2) is 5.07. The van der Waals surface area contributed by atoms with Crippen LogP contribution in [-0.2, 0) is 0 Å². The molecule has 3 nitrogen and oxygen atoms in total. The second-order valence-electron chi connectivity index (χ2n) is 2.89. The molecule has 1 aromatic rings. The zero-order chi connectivity index (χ0) is 10.4. The molecule has 0 radical (unpaired) electrons. The molecule has 0 bridgehead atoms. The number of hydrogen-bond acceptors (Lipinski definition) is 3. The monoisotopic (exact) mass is 190 g/mol. The molecule has 0 fully saturated rings. The standard InChI is InChI=1S/C11H14N2O/c1-9(12)7-8-13-10-3-5-11(14-2)6-4-10/h3-8H,12H2,1-2H3/b9-7-,13-8?. The van der Waals surface area contributed by atoms with Crippen molar-refractivity contribution in [2.75, 3.05) is 7.11 Å². The molecule has 74 valence electrons. The summed E-state index contributed by atoms with van der Waals surface area (Å²) >= 11 is 0. The van der Waals surface area contributed by atoms with Gasteiger partial charge in [-0.05, 0) is 37.3 Å². The van der Waals surface area contributed by atoms with Crippen molar-refractivity contribution in [1.29, 1.82) is 0 Å². The molecule has 1 rings (SSSR count). The molecule has 0 amide bonds. The van der Waals surface area contributed by atoms with Gasteiger partial charge in [-0.2, -0.15) is 0 Å². The lowest BCUT2D eigenvalue weighted by molar-refractivity contribution is 0.415. The van der Waals surface area contributed by atoms with Gasteiger partial charge < -0.3 is 10.5 Å². The number of rotatable bonds is 3. The molecule has 0 aliphatic heterocycles. The van der Waals surface area contributed by atoms with Crippen LogP contribution in [-0.4, -0.2) is 13.3 Å². The summed E-state index contributed by atoms with van der Waals surface area (Å²) in [6.07, 6.45) is 3.43. The van der Waals surface area contributed by atoms with Gasteiger partial charge in [-0.1, -0.05) is 0 Å². The molecular formula is C11H14N2O. The maximum absolute atomic E-state index is 5.45. The van der Waals surface area contributed by atoms with E-state index in [2.05, 4.69) is 4.99 Å². The molecule has 0 saturated carbocycles. The number of benzene rings is 1. The van der Waals surface area contributed by atoms with Crippen molar-refractivity contribution in [2.24, 2.45) is 10.7 Å². The van der Waals surface area contributed by atoms with Crippen LogP contribution < -0.4 is 10.5 Å². The van der Waals surface area contributed by atoms with Gasteiger partial charge >= 0.3 is 0 Å². The Hall–Kier alpha value is -1.77. The molecule has 0 unspecified atom stereocenters. The molecule has 14 heavy (non-hydrogen) atoms. The Morgan fingerprint density at radius 3 is 2.50 bits per heavy atom. The molecule has 2 N–H and O–H groups in total. The molecule has 0 atom stereocenters. The summed E-state index contributed by atoms with van der Waals surface area (Å²) in [5, 5.41) is 0. The Morgan fingerprint density at radius 2 is 2.00 bits per heavy atom. The maximum atomic E-state index is 5.45. The predicted molar refractivity (Wildman–Crippen MR) is 59.1 cm³/mol. The first-order valence-electron chi connectivity index (χ1n) is 4.33. The highest BCUT2D eigenvalue weighted by Crippen LogP contribution is 2.16. The van der Waals surface area contributed by atoms with Crippen LogP contribution in [0.2, 0.25) is 0 Å². The summed E-state index contributed by atoms with van der Waals surface area (Å²) in [4.78, 5) is 4.18. The minimum atomic E-state index is 0.738. The van der Waals surface area contributed by atoms with E-state index in [1.54, 1.807) is 19.4 Å². The first-order valence-corrected chi connectivity index (χ1v) is 4.33. The number of ether oxygens (including phenoxy) is 1. The van der Waals surface area contributed by atoms with Gasteiger partial charge in [0.2, 0.25) is 0 Å². The Labute approximate surface area is 83.9 Å². The summed E-state index contributed by atoms with van der Waals surface area (Å²) in [5.74, 6) is 0.828. The summed E-state index contributed by atoms with van der Waals surface area (Å²) in [5.41, 5.74) is 7.07. The fraction of sp³-hybridized carbons (Fsp3) is 0.182. The summed E-state index contributed by atoms with van der Waals surface area (Å²) < 4.78 is 5.03. The second-order valence-corrected chi connectivity index (χ2v) is 2.89. The number of methoxy groups -OCH3 is 1. The molecule has 3 heteroatoms. The van der Waals surface area contributed by atoms with Crippen LogP contribution in [0.15, 0.2) is 41.0 Å². The molecule has 1 aromatic carbocycles. The van der Waals surface area contributed by atoms with Gasteiger partial charge in [0.25, 0.3) is 0 Å². The van der Waals surface area contributed by atoms with Crippen LogP contribution in [0, 0.1) is 0 Å². The lowest BCUT2D eigenvalue weighted by Crippen LogP contribution is -1.89. The van der Waals surface area contributed by atoms with Gasteiger partial charge in [0.1, 0.15) is 5.75 Å². The SMILES string of the molecule is COc1ccc(N=C/C=C(/C)N)cc1. The Morgan fingerprint density at radius 1 is 1.36 bits per heavy atom. The summed E-state index contributed by atoms with van der Waals surface area (Å²) in [7, 11) is 1.64. The van der Waals surface area contributed by atoms with Gasteiger partial charge in [0.05, 0.1) is 12.8 Å². The van der Waals surface area contributed by atoms with Gasteiger partial charge in [0, 0.05) is 11.9 Å². The predicted octanol–water partition coefficient (Wildman–Crippen LogP) is 2.26. The van der Waals surface area contributed by atoms with Gasteiger partial charge in [-0.25, -0.2) is 0 Å². The van der Waals surface area contributed by atoms with E-state index in [4.69, 9.17) is 10.5 Å². The highest BCUT2D eigenvalue weighted by molar-refractivity contribution is 5.75. The van der Waals surface area contributed by atoms with Crippen LogP contribution >= 0.6 is 0 Å². The van der Waals surface area contributed by atoms with Gasteiger partial charge in [0.15, 0.2) is 0 Å². The quantitative estimate of drug-likeness (QED) is 0.743. The highest BCUT2D eigenvalue weighted by atomic mass is 16.5. The molecule has 0 saturated heterocycles. The summed E-state index contributed by atoms with van der Waals surface area (Å²) in [6.45, 7) is 1.82. The molecule has 0 heterocycles. The fourth-order valence-electron chi connectivity index (χ4n) is 0.909. The van der Waals surface area contributed by atoms with Crippen LogP contribution in [0.5, 0.6) is 5.75 Å². The Bertz CT molecular complexity index is 335. The van der Waals surface area contributed by atoms with Crippen molar-refractivity contribution in [3.8, 4) is 5.75 Å². The van der Waals surface area contributed by atoms with E-state index in [9.17, 15) is 0 Å². The van der Waals surface area contributed by atoms with Crippen molar-refractivity contribution in [2.45, 2.75) is 6.92 Å². The van der Waals surface area contributed by atoms with E-state index in [1.807, 2.05) is 31.2 Å². The molecule has 0 spiro atoms. The first-order chi connectivity index (χ1) is 6.72. The molecule has 0 aliphatic carbocycles. The van der Waals surface area contributed by atoms with Crippen molar-refractivity contribution >= 4 is 11.9 Å². The smallest absolute Gasteiger partial charge is 0.119 e. The fourth-order valence-corrected chi connectivity index (χ4v) is 0.909. The lowest BCUT2D eigenvalue weighted by Gasteiger charge is -1.98. The molecular weight excluding hydrogens is 176 g/mol. The average molecular weight is 190 g/mol. The van der Waals surface area contributed by atoms with Crippen molar-refractivity contribution in [1.82, 2.24) is 0 Å². The minimum Gasteiger partial charge on any atom is -0.497 e. The van der Waals surface area contributed by atoms with Gasteiger partial charge in [-0.3, -0.25) is 4.99 Å². The van der Waals surface area contributed by atoms with Crippen LogP contribution in [0.4, 0.5) is 5.69 Å². The normalized spacial score (nSPS) is 12.0. The van der Waals surface area contributed by atoms with Crippen molar-refractivity contribution in [3.05, 3.63) is 36.0 Å². The number of hydrogen-bond donors (Lipinski definition) is 1. The van der Waals surface area contributed by atoms with E-state index in [1.165, 1.54) is 0 Å². The number of nitrogens with zero attached hydrogens (tertiary/aromatic N) is 1. The number of nitrogens with two attached hydrogens (primary N) is 1. The van der Waals surface area contributed by atoms with E-state index < -0.39 is 0 Å². The minimum absolute atomic E-state index is 0.738. The maximum Gasteiger partial charge on any atom is 0.119 e. The Kier molecular flexibility index (Phi) is 3.73. The van der Waals surface area contributed by atoms with Crippen LogP contribution in [0.1, 0.15) is 6.92 Å². The highest BCUT2D eigenvalue weighted by Gasteiger charge is 1.89. The Balaban J connectivity index is 2.69. The zero-order valence-electron chi connectivity index (χ0n) is 8.40. The number of aliphatic imine (C=N–C) groups is 1. The first kappa shape index (κ1) is 10.3.